The van der Waals surface area contributed by atoms with E-state index >= 15 is 0 Å². The lowest BCUT2D eigenvalue weighted by Crippen LogP contribution is -2.08. The number of aromatic hydroxyl groups is 1. The van der Waals surface area contributed by atoms with Gasteiger partial charge in [-0.25, -0.2) is 0 Å². The Morgan fingerprint density at radius 1 is 0.892 bits per heavy atom. The predicted octanol–water partition coefficient (Wildman–Crippen LogP) is 6.63. The quantitative estimate of drug-likeness (QED) is 0.182. The summed E-state index contributed by atoms with van der Waals surface area (Å²) in [5, 5.41) is 20.9. The van der Waals surface area contributed by atoms with Crippen molar-refractivity contribution in [2.45, 2.75) is 18.6 Å². The minimum atomic E-state index is -4.69. The fourth-order valence-corrected chi connectivity index (χ4v) is 4.07. The Balaban J connectivity index is 2.02. The number of aliphatic hydroxyl groups excluding tert-OH is 1. The average molecular weight is 519 g/mol. The van der Waals surface area contributed by atoms with Crippen molar-refractivity contribution < 1.29 is 41.3 Å². The number of methoxy groups -OCH3 is 1. The van der Waals surface area contributed by atoms with Crippen LogP contribution in [0.5, 0.6) is 5.75 Å². The molecule has 1 aromatic heterocycles. The van der Waals surface area contributed by atoms with Gasteiger partial charge in [-0.1, -0.05) is 30.0 Å². The Morgan fingerprint density at radius 3 is 2.14 bits per heavy atom. The fourth-order valence-electron chi connectivity index (χ4n) is 4.07. The first-order valence-electron chi connectivity index (χ1n) is 10.7. The lowest BCUT2D eigenvalue weighted by atomic mass is 9.99. The van der Waals surface area contributed by atoms with Crippen LogP contribution in [-0.4, -0.2) is 21.9 Å². The molecular formula is C27H19F6NO3. The van der Waals surface area contributed by atoms with Crippen LogP contribution in [0.25, 0.3) is 22.2 Å². The van der Waals surface area contributed by atoms with Gasteiger partial charge in [0.1, 0.15) is 5.75 Å². The molecule has 2 N–H and O–H groups in total. The lowest BCUT2D eigenvalue weighted by molar-refractivity contribution is -0.138. The van der Waals surface area contributed by atoms with Crippen molar-refractivity contribution in [2.75, 3.05) is 7.11 Å². The molecule has 10 heteroatoms. The summed E-state index contributed by atoms with van der Waals surface area (Å²) in [7, 11) is 2.70. The number of fused-ring (bicyclic) bond motifs is 1. The molecule has 1 atom stereocenters. The standard InChI is InChI=1S/C27H19F6NO3/c1-34-22-14-23(35)20(25(36)37-2)13-19(22)17(12-9-15-7-10-16(11-8-15)26(28,29)30)24(34)18-5-3-4-6-21(18)27(31,32)33/h3-8,10-11,13-14,25,35-36H,1-2H3. The number of aliphatic hydroxyl groups is 1. The number of hydrogen-bond acceptors (Lipinski definition) is 3. The van der Waals surface area contributed by atoms with Crippen molar-refractivity contribution in [3.05, 3.63) is 88.5 Å². The number of rotatable bonds is 3. The zero-order chi connectivity index (χ0) is 27.1. The molecule has 4 nitrogen and oxygen atoms in total. The van der Waals surface area contributed by atoms with Gasteiger partial charge in [-0.15, -0.1) is 0 Å². The lowest BCUT2D eigenvalue weighted by Gasteiger charge is -2.14. The number of aromatic nitrogens is 1. The van der Waals surface area contributed by atoms with E-state index in [0.717, 1.165) is 30.3 Å². The summed E-state index contributed by atoms with van der Waals surface area (Å²) in [5.41, 5.74) is -1.28. The molecule has 0 spiro atoms. The number of hydrogen-bond donors (Lipinski definition) is 2. The molecule has 0 bridgehead atoms. The van der Waals surface area contributed by atoms with Crippen LogP contribution >= 0.6 is 0 Å². The minimum Gasteiger partial charge on any atom is -0.507 e. The highest BCUT2D eigenvalue weighted by atomic mass is 19.4. The van der Waals surface area contributed by atoms with Gasteiger partial charge in [0.25, 0.3) is 0 Å². The molecule has 0 aliphatic rings. The second-order valence-electron chi connectivity index (χ2n) is 8.17. The molecule has 0 aliphatic heterocycles. The van der Waals surface area contributed by atoms with Gasteiger partial charge in [0.2, 0.25) is 0 Å². The predicted molar refractivity (Wildman–Crippen MR) is 124 cm³/mol. The third-order valence-electron chi connectivity index (χ3n) is 5.87. The molecule has 0 aliphatic carbocycles. The molecule has 0 saturated heterocycles. The van der Waals surface area contributed by atoms with Crippen LogP contribution in [0.15, 0.2) is 60.7 Å². The molecule has 1 unspecified atom stereocenters. The number of phenols is 1. The van der Waals surface area contributed by atoms with Crippen molar-refractivity contribution >= 4 is 10.9 Å². The number of nitrogens with zero attached hydrogens (tertiary/aromatic N) is 1. The van der Waals surface area contributed by atoms with Gasteiger partial charge in [-0.05, 0) is 36.4 Å². The molecule has 0 radical (unpaired) electrons. The van der Waals surface area contributed by atoms with Gasteiger partial charge < -0.3 is 19.5 Å². The van der Waals surface area contributed by atoms with Crippen molar-refractivity contribution in [3.63, 3.8) is 0 Å². The maximum atomic E-state index is 13.9. The maximum Gasteiger partial charge on any atom is 0.417 e. The Hall–Kier alpha value is -3.94. The monoisotopic (exact) mass is 519 g/mol. The summed E-state index contributed by atoms with van der Waals surface area (Å²) in [6, 6.07) is 11.6. The molecule has 3 aromatic carbocycles. The van der Waals surface area contributed by atoms with Gasteiger partial charge in [-0.2, -0.15) is 26.3 Å². The number of alkyl halides is 6. The van der Waals surface area contributed by atoms with Crippen molar-refractivity contribution in [2.24, 2.45) is 7.05 Å². The summed E-state index contributed by atoms with van der Waals surface area (Å²) in [5.74, 6) is 5.18. The average Bonchev–Trinajstić information content (AvgIpc) is 3.11. The fraction of sp³-hybridized carbons (Fsp3) is 0.185. The number of phenolic OH excluding ortho intramolecular Hbond substituents is 1. The van der Waals surface area contributed by atoms with E-state index in [-0.39, 0.29) is 33.7 Å². The third kappa shape index (κ3) is 5.01. The zero-order valence-electron chi connectivity index (χ0n) is 19.4. The Kier molecular flexibility index (Phi) is 6.71. The number of benzene rings is 3. The molecule has 37 heavy (non-hydrogen) atoms. The molecule has 4 rings (SSSR count). The molecular weight excluding hydrogens is 500 g/mol. The van der Waals surface area contributed by atoms with Crippen LogP contribution in [0.2, 0.25) is 0 Å². The Bertz CT molecular complexity index is 1520. The largest absolute Gasteiger partial charge is 0.507 e. The molecule has 0 amide bonds. The van der Waals surface area contributed by atoms with Crippen molar-refractivity contribution in [3.8, 4) is 28.8 Å². The number of ether oxygens (including phenoxy) is 1. The van der Waals surface area contributed by atoms with E-state index in [0.29, 0.717) is 10.9 Å². The van der Waals surface area contributed by atoms with Crippen LogP contribution in [0, 0.1) is 11.8 Å². The van der Waals surface area contributed by atoms with Crippen LogP contribution in [0.4, 0.5) is 26.3 Å². The minimum absolute atomic E-state index is 0.0335. The number of aryl methyl sites for hydroxylation is 1. The van der Waals surface area contributed by atoms with Crippen LogP contribution < -0.4 is 0 Å². The summed E-state index contributed by atoms with van der Waals surface area (Å²) in [6.07, 6.45) is -10.7. The van der Waals surface area contributed by atoms with E-state index in [1.54, 1.807) is 0 Å². The van der Waals surface area contributed by atoms with Gasteiger partial charge in [0, 0.05) is 36.7 Å². The van der Waals surface area contributed by atoms with Gasteiger partial charge >= 0.3 is 12.4 Å². The SMILES string of the molecule is COC(O)c1cc2c(C#Cc3ccc(C(F)(F)F)cc3)c(-c3ccccc3C(F)(F)F)n(C)c2cc1O. The molecule has 4 aromatic rings. The highest BCUT2D eigenvalue weighted by Crippen LogP contribution is 2.42. The topological polar surface area (TPSA) is 54.6 Å². The third-order valence-corrected chi connectivity index (χ3v) is 5.87. The van der Waals surface area contributed by atoms with Crippen LogP contribution in [0.1, 0.15) is 34.1 Å². The molecule has 0 fully saturated rings. The molecule has 1 heterocycles. The highest BCUT2D eigenvalue weighted by molar-refractivity contribution is 5.97. The van der Waals surface area contributed by atoms with E-state index in [1.165, 1.54) is 49.1 Å². The van der Waals surface area contributed by atoms with Crippen LogP contribution in [-0.2, 0) is 24.1 Å². The van der Waals surface area contributed by atoms with E-state index < -0.39 is 29.8 Å². The second kappa shape index (κ2) is 9.50. The highest BCUT2D eigenvalue weighted by Gasteiger charge is 2.35. The summed E-state index contributed by atoms with van der Waals surface area (Å²) >= 11 is 0. The van der Waals surface area contributed by atoms with Gasteiger partial charge in [0.15, 0.2) is 6.29 Å². The Morgan fingerprint density at radius 2 is 1.54 bits per heavy atom. The summed E-state index contributed by atoms with van der Waals surface area (Å²) in [6.45, 7) is 0. The van der Waals surface area contributed by atoms with E-state index in [4.69, 9.17) is 4.74 Å². The summed E-state index contributed by atoms with van der Waals surface area (Å²) < 4.78 is 86.7. The van der Waals surface area contributed by atoms with E-state index in [9.17, 15) is 36.6 Å². The van der Waals surface area contributed by atoms with Gasteiger partial charge in [-0.3, -0.25) is 0 Å². The molecule has 192 valence electrons. The first-order valence-corrected chi connectivity index (χ1v) is 10.7. The number of halogens is 6. The smallest absolute Gasteiger partial charge is 0.417 e. The van der Waals surface area contributed by atoms with Gasteiger partial charge in [0.05, 0.1) is 33.5 Å². The van der Waals surface area contributed by atoms with E-state index in [1.807, 2.05) is 0 Å². The first kappa shape index (κ1) is 26.1. The van der Waals surface area contributed by atoms with E-state index in [2.05, 4.69) is 11.8 Å². The van der Waals surface area contributed by atoms with Crippen LogP contribution in [0.3, 0.4) is 0 Å². The Labute approximate surface area is 207 Å². The van der Waals surface area contributed by atoms with Crippen molar-refractivity contribution in [1.82, 2.24) is 4.57 Å². The van der Waals surface area contributed by atoms with Crippen molar-refractivity contribution in [1.29, 1.82) is 0 Å². The maximum absolute atomic E-state index is 13.9. The zero-order valence-corrected chi connectivity index (χ0v) is 19.4. The summed E-state index contributed by atoms with van der Waals surface area (Å²) in [4.78, 5) is 0. The molecule has 0 saturated carbocycles. The normalized spacial score (nSPS) is 12.9. The second-order valence-corrected chi connectivity index (χ2v) is 8.17. The first-order chi connectivity index (χ1) is 17.3.